The summed E-state index contributed by atoms with van der Waals surface area (Å²) in [5.41, 5.74) is -0.0203. The summed E-state index contributed by atoms with van der Waals surface area (Å²) in [7, 11) is 3.32. The maximum absolute atomic E-state index is 11.3. The van der Waals surface area contributed by atoms with E-state index in [9.17, 15) is 9.59 Å². The highest BCUT2D eigenvalue weighted by Gasteiger charge is 2.10. The minimum Gasteiger partial charge on any atom is -0.493 e. The average Bonchev–Trinajstić information content (AvgIpc) is 2.30. The maximum atomic E-state index is 11.3. The van der Waals surface area contributed by atoms with Crippen LogP contribution in [-0.2, 0) is 4.79 Å². The first-order chi connectivity index (χ1) is 8.41. The fourth-order valence-corrected chi connectivity index (χ4v) is 1.44. The number of amides is 1. The smallest absolute Gasteiger partial charge is 0.337 e. The van der Waals surface area contributed by atoms with E-state index in [-0.39, 0.29) is 29.5 Å². The molecule has 1 amide bonds. The average molecular weight is 272 g/mol. The van der Waals surface area contributed by atoms with Crippen LogP contribution in [0.15, 0.2) is 18.2 Å². The van der Waals surface area contributed by atoms with Crippen molar-refractivity contribution in [1.29, 1.82) is 0 Å². The van der Waals surface area contributed by atoms with Crippen molar-refractivity contribution in [3.63, 3.8) is 0 Å². The molecule has 0 fully saturated rings. The van der Waals surface area contributed by atoms with Gasteiger partial charge in [-0.25, -0.2) is 4.79 Å². The molecule has 0 aromatic heterocycles. The van der Waals surface area contributed by atoms with Crippen LogP contribution < -0.4 is 4.74 Å². The van der Waals surface area contributed by atoms with Crippen LogP contribution in [0.5, 0.6) is 5.75 Å². The van der Waals surface area contributed by atoms with Crippen LogP contribution in [-0.4, -0.2) is 42.6 Å². The predicted molar refractivity (Wildman–Crippen MR) is 67.2 cm³/mol. The summed E-state index contributed by atoms with van der Waals surface area (Å²) in [5.74, 6) is -0.791. The Morgan fingerprint density at radius 2 is 2.06 bits per heavy atom. The first-order valence-electron chi connectivity index (χ1n) is 5.27. The summed E-state index contributed by atoms with van der Waals surface area (Å²) >= 11 is 5.72. The van der Waals surface area contributed by atoms with Gasteiger partial charge in [0.05, 0.1) is 23.6 Å². The number of carbonyl (C=O) groups is 2. The fraction of sp³-hybridized carbons (Fsp3) is 0.333. The van der Waals surface area contributed by atoms with Crippen molar-refractivity contribution in [2.24, 2.45) is 0 Å². The number of hydrogen-bond acceptors (Lipinski definition) is 3. The Morgan fingerprint density at radius 3 is 2.61 bits per heavy atom. The van der Waals surface area contributed by atoms with Crippen molar-refractivity contribution in [2.45, 2.75) is 6.42 Å². The molecule has 1 N–H and O–H groups in total. The molecule has 0 atom stereocenters. The van der Waals surface area contributed by atoms with E-state index in [0.717, 1.165) is 0 Å². The topological polar surface area (TPSA) is 66.8 Å². The van der Waals surface area contributed by atoms with Gasteiger partial charge in [0.1, 0.15) is 5.75 Å². The van der Waals surface area contributed by atoms with Crippen LogP contribution >= 0.6 is 11.6 Å². The Kier molecular flexibility index (Phi) is 4.97. The molecule has 0 unspecified atom stereocenters. The van der Waals surface area contributed by atoms with Gasteiger partial charge in [-0.1, -0.05) is 11.6 Å². The van der Waals surface area contributed by atoms with E-state index in [1.807, 2.05) is 0 Å². The number of rotatable bonds is 5. The van der Waals surface area contributed by atoms with E-state index in [4.69, 9.17) is 21.4 Å². The van der Waals surface area contributed by atoms with Crippen molar-refractivity contribution in [1.82, 2.24) is 4.90 Å². The largest absolute Gasteiger partial charge is 0.493 e. The zero-order chi connectivity index (χ0) is 13.7. The molecule has 0 radical (unpaired) electrons. The number of nitrogens with zero attached hydrogens (tertiary/aromatic N) is 1. The molecule has 1 aromatic carbocycles. The van der Waals surface area contributed by atoms with Crippen molar-refractivity contribution >= 4 is 23.5 Å². The molecule has 0 saturated carbocycles. The first-order valence-corrected chi connectivity index (χ1v) is 5.65. The second kappa shape index (κ2) is 6.26. The van der Waals surface area contributed by atoms with E-state index in [1.165, 1.54) is 17.0 Å². The Labute approximate surface area is 110 Å². The molecule has 6 heteroatoms. The van der Waals surface area contributed by atoms with Gasteiger partial charge in [0.2, 0.25) is 5.91 Å². The Morgan fingerprint density at radius 1 is 1.39 bits per heavy atom. The maximum Gasteiger partial charge on any atom is 0.337 e. The van der Waals surface area contributed by atoms with Crippen LogP contribution in [0.25, 0.3) is 0 Å². The van der Waals surface area contributed by atoms with Crippen LogP contribution in [0.1, 0.15) is 16.8 Å². The fourth-order valence-electron chi connectivity index (χ4n) is 1.24. The number of carboxylic acids is 1. The summed E-state index contributed by atoms with van der Waals surface area (Å²) in [6.07, 6.45) is 0.234. The number of ether oxygens (including phenoxy) is 1. The molecule has 0 spiro atoms. The summed E-state index contributed by atoms with van der Waals surface area (Å²) in [5, 5.41) is 9.03. The van der Waals surface area contributed by atoms with Gasteiger partial charge in [0, 0.05) is 14.1 Å². The summed E-state index contributed by atoms with van der Waals surface area (Å²) in [6, 6.07) is 4.35. The third-order valence-electron chi connectivity index (χ3n) is 2.25. The van der Waals surface area contributed by atoms with Crippen LogP contribution in [0.4, 0.5) is 0 Å². The summed E-state index contributed by atoms with van der Waals surface area (Å²) < 4.78 is 5.30. The number of benzene rings is 1. The van der Waals surface area contributed by atoms with Gasteiger partial charge >= 0.3 is 5.97 Å². The summed E-state index contributed by atoms with van der Waals surface area (Å²) in [4.78, 5) is 23.6. The zero-order valence-electron chi connectivity index (χ0n) is 10.1. The molecular formula is C12H14ClNO4. The van der Waals surface area contributed by atoms with Crippen LogP contribution in [0.3, 0.4) is 0 Å². The lowest BCUT2D eigenvalue weighted by Crippen LogP contribution is -2.23. The molecule has 0 aliphatic carbocycles. The minimum absolute atomic E-state index is 0.0203. The number of aromatic carboxylic acids is 1. The highest BCUT2D eigenvalue weighted by atomic mass is 35.5. The molecule has 0 bridgehead atoms. The molecule has 5 nitrogen and oxygen atoms in total. The molecule has 18 heavy (non-hydrogen) atoms. The van der Waals surface area contributed by atoms with E-state index in [0.29, 0.717) is 5.75 Å². The zero-order valence-corrected chi connectivity index (χ0v) is 10.9. The molecule has 0 saturated heterocycles. The lowest BCUT2D eigenvalue weighted by molar-refractivity contribution is -0.129. The van der Waals surface area contributed by atoms with Gasteiger partial charge in [-0.3, -0.25) is 4.79 Å². The van der Waals surface area contributed by atoms with Crippen molar-refractivity contribution in [3.8, 4) is 5.75 Å². The number of carbonyl (C=O) groups excluding carboxylic acids is 1. The Hall–Kier alpha value is -1.75. The highest BCUT2D eigenvalue weighted by molar-refractivity contribution is 6.33. The molecule has 1 aromatic rings. The van der Waals surface area contributed by atoms with Crippen LogP contribution in [0.2, 0.25) is 5.02 Å². The van der Waals surface area contributed by atoms with Gasteiger partial charge in [-0.05, 0) is 18.2 Å². The van der Waals surface area contributed by atoms with Gasteiger partial charge in [0.15, 0.2) is 0 Å². The van der Waals surface area contributed by atoms with Gasteiger partial charge in [0.25, 0.3) is 0 Å². The molecule has 0 aliphatic heterocycles. The molecular weight excluding hydrogens is 258 g/mol. The first kappa shape index (κ1) is 14.3. The Balaban J connectivity index is 2.61. The van der Waals surface area contributed by atoms with Crippen molar-refractivity contribution in [2.75, 3.05) is 20.7 Å². The standard InChI is InChI=1S/C12H14ClNO4/c1-14(2)11(15)5-6-18-8-3-4-10(13)9(7-8)12(16)17/h3-4,7H,5-6H2,1-2H3,(H,16,17). The van der Waals surface area contributed by atoms with Gasteiger partial charge < -0.3 is 14.7 Å². The monoisotopic (exact) mass is 271 g/mol. The quantitative estimate of drug-likeness (QED) is 0.888. The van der Waals surface area contributed by atoms with Crippen molar-refractivity contribution < 1.29 is 19.4 Å². The van der Waals surface area contributed by atoms with Crippen molar-refractivity contribution in [3.05, 3.63) is 28.8 Å². The lowest BCUT2D eigenvalue weighted by atomic mass is 10.2. The predicted octanol–water partition coefficient (Wildman–Crippen LogP) is 1.90. The van der Waals surface area contributed by atoms with Gasteiger partial charge in [-0.2, -0.15) is 0 Å². The third-order valence-corrected chi connectivity index (χ3v) is 2.58. The summed E-state index contributed by atoms with van der Waals surface area (Å²) in [6.45, 7) is 0.192. The number of halogens is 1. The number of carboxylic acid groups (broad SMARTS) is 1. The third kappa shape index (κ3) is 3.92. The molecule has 1 rings (SSSR count). The van der Waals surface area contributed by atoms with Gasteiger partial charge in [-0.15, -0.1) is 0 Å². The Bertz CT molecular complexity index is 459. The molecule has 98 valence electrons. The number of hydrogen-bond donors (Lipinski definition) is 1. The van der Waals surface area contributed by atoms with E-state index >= 15 is 0 Å². The molecule has 0 heterocycles. The van der Waals surface area contributed by atoms with E-state index in [2.05, 4.69) is 0 Å². The molecule has 0 aliphatic rings. The second-order valence-electron chi connectivity index (χ2n) is 3.83. The highest BCUT2D eigenvalue weighted by Crippen LogP contribution is 2.22. The normalized spacial score (nSPS) is 9.94. The minimum atomic E-state index is -1.12. The van der Waals surface area contributed by atoms with Crippen LogP contribution in [0, 0.1) is 0 Å². The lowest BCUT2D eigenvalue weighted by Gasteiger charge is -2.11. The van der Waals surface area contributed by atoms with E-state index < -0.39 is 5.97 Å². The second-order valence-corrected chi connectivity index (χ2v) is 4.24. The van der Waals surface area contributed by atoms with E-state index in [1.54, 1.807) is 20.2 Å². The SMILES string of the molecule is CN(C)C(=O)CCOc1ccc(Cl)c(C(=O)O)c1.